The van der Waals surface area contributed by atoms with Crippen LogP contribution in [0.15, 0.2) is 30.2 Å². The van der Waals surface area contributed by atoms with Crippen LogP contribution >= 0.6 is 0 Å². The molecule has 7 atom stereocenters. The van der Waals surface area contributed by atoms with Gasteiger partial charge in [-0.25, -0.2) is 14.4 Å². The van der Waals surface area contributed by atoms with E-state index in [1.807, 2.05) is 12.1 Å². The molecule has 6 rings (SSSR count). The van der Waals surface area contributed by atoms with Crippen molar-refractivity contribution in [2.75, 3.05) is 7.05 Å². The zero-order valence-electron chi connectivity index (χ0n) is 20.7. The largest absolute Gasteiger partial charge is 0.349 e. The van der Waals surface area contributed by atoms with Gasteiger partial charge in [-0.1, -0.05) is 13.8 Å². The highest BCUT2D eigenvalue weighted by Gasteiger charge is 2.62. The number of halogens is 1. The van der Waals surface area contributed by atoms with E-state index in [9.17, 15) is 14.0 Å². The van der Waals surface area contributed by atoms with E-state index >= 15 is 0 Å². The monoisotopic (exact) mass is 479 g/mol. The van der Waals surface area contributed by atoms with E-state index in [-0.39, 0.29) is 28.7 Å². The molecule has 4 unspecified atom stereocenters. The molecule has 0 aromatic carbocycles. The molecule has 3 saturated carbocycles. The molecule has 8 heteroatoms. The summed E-state index contributed by atoms with van der Waals surface area (Å²) < 4.78 is 14.6. The highest BCUT2D eigenvalue weighted by Crippen LogP contribution is 2.65. The molecule has 2 aromatic rings. The minimum atomic E-state index is -0.607. The quantitative estimate of drug-likeness (QED) is 0.693. The number of amides is 2. The molecule has 186 valence electrons. The number of carbonyl (C=O) groups excluding carboxylic acids is 2. The van der Waals surface area contributed by atoms with Gasteiger partial charge >= 0.3 is 0 Å². The van der Waals surface area contributed by atoms with Gasteiger partial charge in [-0.3, -0.25) is 9.59 Å². The van der Waals surface area contributed by atoms with Crippen molar-refractivity contribution in [3.05, 3.63) is 36.1 Å². The van der Waals surface area contributed by atoms with Crippen LogP contribution in [0.4, 0.5) is 4.39 Å². The number of carbonyl (C=O) groups is 2. The summed E-state index contributed by atoms with van der Waals surface area (Å²) in [5, 5.41) is 3.14. The number of aromatic nitrogens is 3. The first-order chi connectivity index (χ1) is 16.7. The van der Waals surface area contributed by atoms with Gasteiger partial charge in [0.15, 0.2) is 11.5 Å². The molecule has 7 nitrogen and oxygen atoms in total. The fraction of sp³-hybridized carbons (Fsp3) is 0.630. The van der Waals surface area contributed by atoms with Crippen molar-refractivity contribution in [2.24, 2.45) is 34.5 Å². The molecule has 0 radical (unpaired) electrons. The Kier molecular flexibility index (Phi) is 5.10. The number of nitrogens with one attached hydrogen (secondary N) is 2. The number of rotatable bonds is 3. The fourth-order valence-corrected chi connectivity index (χ4v) is 8.53. The maximum absolute atomic E-state index is 14.6. The third-order valence-electron chi connectivity index (χ3n) is 10.2. The first kappa shape index (κ1) is 22.7. The van der Waals surface area contributed by atoms with Gasteiger partial charge in [-0.15, -0.1) is 0 Å². The van der Waals surface area contributed by atoms with Gasteiger partial charge in [0.25, 0.3) is 5.91 Å². The Morgan fingerprint density at radius 2 is 2.06 bits per heavy atom. The molecule has 3 heterocycles. The van der Waals surface area contributed by atoms with Crippen LogP contribution in [0, 0.1) is 34.5 Å². The summed E-state index contributed by atoms with van der Waals surface area (Å²) in [5.74, 6) is 0.954. The Morgan fingerprint density at radius 3 is 2.86 bits per heavy atom. The Balaban J connectivity index is 1.19. The van der Waals surface area contributed by atoms with Crippen LogP contribution in [0.3, 0.4) is 0 Å². The fourth-order valence-electron chi connectivity index (χ4n) is 8.53. The van der Waals surface area contributed by atoms with E-state index in [4.69, 9.17) is 0 Å². The van der Waals surface area contributed by atoms with Crippen molar-refractivity contribution < 1.29 is 14.0 Å². The van der Waals surface area contributed by atoms with Crippen molar-refractivity contribution in [2.45, 2.75) is 65.0 Å². The van der Waals surface area contributed by atoms with E-state index in [0.717, 1.165) is 49.7 Å². The zero-order chi connectivity index (χ0) is 24.5. The third kappa shape index (κ3) is 3.28. The van der Waals surface area contributed by atoms with E-state index < -0.39 is 11.7 Å². The van der Waals surface area contributed by atoms with Crippen molar-refractivity contribution >= 4 is 23.0 Å². The lowest BCUT2D eigenvalue weighted by atomic mass is 9.47. The van der Waals surface area contributed by atoms with E-state index in [1.165, 1.54) is 0 Å². The van der Waals surface area contributed by atoms with Crippen LogP contribution in [0.25, 0.3) is 11.2 Å². The lowest BCUT2D eigenvalue weighted by Gasteiger charge is -2.60. The molecule has 4 aliphatic rings. The van der Waals surface area contributed by atoms with E-state index in [0.29, 0.717) is 30.1 Å². The predicted octanol–water partition coefficient (Wildman–Crippen LogP) is 4.13. The number of nitrogens with zero attached hydrogens (tertiary/aromatic N) is 3. The number of imidazole rings is 1. The van der Waals surface area contributed by atoms with Crippen LogP contribution in [-0.4, -0.2) is 44.8 Å². The molecular weight excluding hydrogens is 445 g/mol. The third-order valence-corrected chi connectivity index (χ3v) is 10.2. The van der Waals surface area contributed by atoms with Crippen molar-refractivity contribution in [3.63, 3.8) is 0 Å². The molecule has 2 aromatic heterocycles. The van der Waals surface area contributed by atoms with Gasteiger partial charge < -0.3 is 15.2 Å². The molecule has 0 spiro atoms. The summed E-state index contributed by atoms with van der Waals surface area (Å²) in [4.78, 5) is 39.3. The Bertz CT molecular complexity index is 1190. The standard InChI is InChI=1S/C27H34FN5O2/c1-26-11-10-17-15(6-9-21-27(17,2)13-19(28)25(35)33(21)3)16(26)7-8-18(26)24(34)30-14-22-31-20-5-4-12-29-23(20)32-22/h4-5,12-13,15-18,21H,6-11,14H2,1-3H3,(H,30,34)(H,29,31,32)/t15?,16?,17?,18-,21?,26+,27-/m1/s1. The molecule has 2 N–H and O–H groups in total. The number of hydrogen-bond acceptors (Lipinski definition) is 4. The van der Waals surface area contributed by atoms with Crippen LogP contribution < -0.4 is 5.32 Å². The van der Waals surface area contributed by atoms with Crippen LogP contribution in [0.2, 0.25) is 0 Å². The molecule has 0 saturated heterocycles. The Morgan fingerprint density at radius 1 is 1.23 bits per heavy atom. The first-order valence-electron chi connectivity index (χ1n) is 12.9. The zero-order valence-corrected chi connectivity index (χ0v) is 20.7. The van der Waals surface area contributed by atoms with Crippen LogP contribution in [-0.2, 0) is 16.1 Å². The van der Waals surface area contributed by atoms with Gasteiger partial charge in [-0.2, -0.15) is 0 Å². The Hall–Kier alpha value is -2.77. The number of hydrogen-bond donors (Lipinski definition) is 2. The molecule has 1 aliphatic heterocycles. The smallest absolute Gasteiger partial charge is 0.282 e. The lowest BCUT2D eigenvalue weighted by Crippen LogP contribution is -2.60. The van der Waals surface area contributed by atoms with Gasteiger partial charge in [0, 0.05) is 30.6 Å². The first-order valence-corrected chi connectivity index (χ1v) is 12.9. The minimum absolute atomic E-state index is 0.0237. The average Bonchev–Trinajstić information content (AvgIpc) is 3.41. The molecular formula is C27H34FN5O2. The van der Waals surface area contributed by atoms with Gasteiger partial charge in [0.1, 0.15) is 11.3 Å². The van der Waals surface area contributed by atoms with Gasteiger partial charge in [0.2, 0.25) is 5.91 Å². The summed E-state index contributed by atoms with van der Waals surface area (Å²) in [6.07, 6.45) is 9.15. The minimum Gasteiger partial charge on any atom is -0.349 e. The summed E-state index contributed by atoms with van der Waals surface area (Å²) in [7, 11) is 1.75. The number of aromatic amines is 1. The normalized spacial score (nSPS) is 38.5. The second kappa shape index (κ2) is 7.87. The topological polar surface area (TPSA) is 91.0 Å². The molecule has 2 amide bonds. The SMILES string of the molecule is CN1C(=O)C(F)=C[C@]2(C)C3CC[C@@]4(C)C(CC[C@@H]4C(=O)NCc4nc5cccnc5[nH]4)C3CCC12. The summed E-state index contributed by atoms with van der Waals surface area (Å²) in [6, 6.07) is 3.81. The Labute approximate surface area is 205 Å². The van der Waals surface area contributed by atoms with Crippen LogP contribution in [0.5, 0.6) is 0 Å². The maximum Gasteiger partial charge on any atom is 0.282 e. The number of likely N-dealkylation sites (N-methyl/N-ethyl adjacent to an activating group) is 1. The van der Waals surface area contributed by atoms with Crippen LogP contribution in [0.1, 0.15) is 58.2 Å². The van der Waals surface area contributed by atoms with E-state index in [1.54, 1.807) is 24.2 Å². The maximum atomic E-state index is 14.6. The number of pyridine rings is 1. The molecule has 0 bridgehead atoms. The molecule has 3 aliphatic carbocycles. The van der Waals surface area contributed by atoms with Gasteiger partial charge in [0.05, 0.1) is 6.54 Å². The molecule has 3 fully saturated rings. The second-order valence-corrected chi connectivity index (χ2v) is 11.7. The van der Waals surface area contributed by atoms with Gasteiger partial charge in [-0.05, 0) is 79.9 Å². The number of H-pyrrole nitrogens is 1. The van der Waals surface area contributed by atoms with Crippen molar-refractivity contribution in [1.82, 2.24) is 25.2 Å². The van der Waals surface area contributed by atoms with Crippen molar-refractivity contribution in [1.29, 1.82) is 0 Å². The summed E-state index contributed by atoms with van der Waals surface area (Å²) in [6.45, 7) is 4.82. The predicted molar refractivity (Wildman–Crippen MR) is 129 cm³/mol. The highest BCUT2D eigenvalue weighted by atomic mass is 19.1. The number of fused-ring (bicyclic) bond motifs is 6. The van der Waals surface area contributed by atoms with E-state index in [2.05, 4.69) is 34.1 Å². The second-order valence-electron chi connectivity index (χ2n) is 11.7. The lowest BCUT2D eigenvalue weighted by molar-refractivity contribution is -0.145. The summed E-state index contributed by atoms with van der Waals surface area (Å²) >= 11 is 0. The average molecular weight is 480 g/mol. The molecule has 35 heavy (non-hydrogen) atoms. The highest BCUT2D eigenvalue weighted by molar-refractivity contribution is 5.92. The van der Waals surface area contributed by atoms with Crippen molar-refractivity contribution in [3.8, 4) is 0 Å². The summed E-state index contributed by atoms with van der Waals surface area (Å²) in [5.41, 5.74) is 1.13.